The lowest BCUT2D eigenvalue weighted by Crippen LogP contribution is -2.47. The van der Waals surface area contributed by atoms with Gasteiger partial charge < -0.3 is 19.6 Å². The zero-order chi connectivity index (χ0) is 16.8. The first kappa shape index (κ1) is 17.1. The number of aliphatic carboxylic acids is 1. The van der Waals surface area contributed by atoms with E-state index in [0.29, 0.717) is 11.4 Å². The zero-order valence-corrected chi connectivity index (χ0v) is 13.7. The summed E-state index contributed by atoms with van der Waals surface area (Å²) in [7, 11) is 1.57. The van der Waals surface area contributed by atoms with Crippen LogP contribution in [0.25, 0.3) is 0 Å². The molecule has 0 bridgehead atoms. The van der Waals surface area contributed by atoms with Gasteiger partial charge in [-0.15, -0.1) is 0 Å². The third kappa shape index (κ3) is 4.61. The molecule has 2 rings (SSSR count). The van der Waals surface area contributed by atoms with Crippen LogP contribution in [0, 0.1) is 0 Å². The second-order valence-electron chi connectivity index (χ2n) is 5.88. The molecule has 0 aliphatic carbocycles. The summed E-state index contributed by atoms with van der Waals surface area (Å²) in [4.78, 5) is 27.2. The number of hydrogen-bond donors (Lipinski definition) is 1. The lowest BCUT2D eigenvalue weighted by Gasteiger charge is -2.35. The highest BCUT2D eigenvalue weighted by Gasteiger charge is 2.25. The molecule has 1 aromatic carbocycles. The van der Waals surface area contributed by atoms with Gasteiger partial charge in [-0.3, -0.25) is 9.59 Å². The van der Waals surface area contributed by atoms with Gasteiger partial charge in [0, 0.05) is 18.3 Å². The summed E-state index contributed by atoms with van der Waals surface area (Å²) in [5, 5.41) is 9.13. The van der Waals surface area contributed by atoms with Crippen LogP contribution in [0.15, 0.2) is 24.3 Å². The number of carboxylic acids is 1. The number of anilines is 1. The van der Waals surface area contributed by atoms with Crippen LogP contribution in [0.3, 0.4) is 0 Å². The lowest BCUT2D eigenvalue weighted by atomic mass is 10.0. The maximum Gasteiger partial charge on any atom is 0.323 e. The molecular formula is C17H24N2O4. The molecule has 1 saturated heterocycles. The van der Waals surface area contributed by atoms with E-state index in [-0.39, 0.29) is 25.0 Å². The summed E-state index contributed by atoms with van der Waals surface area (Å²) in [6.45, 7) is 2.67. The van der Waals surface area contributed by atoms with E-state index >= 15 is 0 Å². The number of piperidine rings is 1. The fourth-order valence-electron chi connectivity index (χ4n) is 2.92. The van der Waals surface area contributed by atoms with Crippen molar-refractivity contribution in [1.82, 2.24) is 4.90 Å². The van der Waals surface area contributed by atoms with E-state index in [4.69, 9.17) is 9.84 Å². The van der Waals surface area contributed by atoms with Gasteiger partial charge in [-0.2, -0.15) is 0 Å². The zero-order valence-electron chi connectivity index (χ0n) is 13.7. The van der Waals surface area contributed by atoms with Crippen molar-refractivity contribution in [3.63, 3.8) is 0 Å². The van der Waals surface area contributed by atoms with Crippen LogP contribution < -0.4 is 9.64 Å². The molecule has 0 saturated carbocycles. The first-order chi connectivity index (χ1) is 11.0. The Kier molecular flexibility index (Phi) is 5.84. The van der Waals surface area contributed by atoms with Crippen LogP contribution in [-0.4, -0.2) is 54.7 Å². The number of benzene rings is 1. The molecule has 6 heteroatoms. The van der Waals surface area contributed by atoms with E-state index < -0.39 is 5.97 Å². The summed E-state index contributed by atoms with van der Waals surface area (Å²) in [6.07, 6.45) is 3.16. The standard InChI is InChI=1S/C17H24N2O4/c1-13-5-3-4-10-19(13)16(20)11-18(12-17(21)22)14-6-8-15(23-2)9-7-14/h6-9,13H,3-5,10-12H2,1-2H3,(H,21,22)/t13-/m1/s1. The normalized spacial score (nSPS) is 17.7. The van der Waals surface area contributed by atoms with Crippen LogP contribution in [0.2, 0.25) is 0 Å². The Morgan fingerprint density at radius 1 is 1.26 bits per heavy atom. The third-order valence-corrected chi connectivity index (χ3v) is 4.21. The summed E-state index contributed by atoms with van der Waals surface area (Å²) in [5.41, 5.74) is 0.700. The minimum atomic E-state index is -0.958. The maximum atomic E-state index is 12.6. The number of nitrogens with zero attached hydrogens (tertiary/aromatic N) is 2. The predicted octanol–water partition coefficient (Wildman–Crippen LogP) is 1.99. The summed E-state index contributed by atoms with van der Waals surface area (Å²) in [5.74, 6) is -0.283. The molecule has 1 fully saturated rings. The maximum absolute atomic E-state index is 12.6. The van der Waals surface area contributed by atoms with Crippen molar-refractivity contribution in [2.45, 2.75) is 32.2 Å². The minimum absolute atomic E-state index is 0.0192. The van der Waals surface area contributed by atoms with Gasteiger partial charge in [-0.05, 0) is 50.5 Å². The monoisotopic (exact) mass is 320 g/mol. The van der Waals surface area contributed by atoms with E-state index in [0.717, 1.165) is 25.8 Å². The van der Waals surface area contributed by atoms with Crippen LogP contribution in [0.4, 0.5) is 5.69 Å². The average molecular weight is 320 g/mol. The topological polar surface area (TPSA) is 70.1 Å². The van der Waals surface area contributed by atoms with Crippen LogP contribution >= 0.6 is 0 Å². The molecule has 1 aliphatic heterocycles. The summed E-state index contributed by atoms with van der Waals surface area (Å²) < 4.78 is 5.11. The number of carbonyl (C=O) groups excluding carboxylic acids is 1. The van der Waals surface area contributed by atoms with Crippen molar-refractivity contribution in [3.05, 3.63) is 24.3 Å². The molecule has 1 aliphatic rings. The van der Waals surface area contributed by atoms with Crippen molar-refractivity contribution in [2.24, 2.45) is 0 Å². The van der Waals surface area contributed by atoms with E-state index in [1.165, 1.54) is 0 Å². The second kappa shape index (κ2) is 7.85. The van der Waals surface area contributed by atoms with Gasteiger partial charge >= 0.3 is 5.97 Å². The predicted molar refractivity (Wildman–Crippen MR) is 87.9 cm³/mol. The van der Waals surface area contributed by atoms with Crippen molar-refractivity contribution in [1.29, 1.82) is 0 Å². The molecule has 1 atom stereocenters. The molecule has 1 aromatic rings. The SMILES string of the molecule is COc1ccc(N(CC(=O)O)CC(=O)N2CCCC[C@H]2C)cc1. The molecule has 0 radical (unpaired) electrons. The molecule has 0 aromatic heterocycles. The highest BCUT2D eigenvalue weighted by molar-refractivity contribution is 5.84. The van der Waals surface area contributed by atoms with E-state index in [2.05, 4.69) is 0 Å². The Hall–Kier alpha value is -2.24. The summed E-state index contributed by atoms with van der Waals surface area (Å²) >= 11 is 0. The van der Waals surface area contributed by atoms with Gasteiger partial charge in [0.05, 0.1) is 13.7 Å². The highest BCUT2D eigenvalue weighted by atomic mass is 16.5. The number of ether oxygens (including phenoxy) is 1. The smallest absolute Gasteiger partial charge is 0.323 e. The minimum Gasteiger partial charge on any atom is -0.497 e. The van der Waals surface area contributed by atoms with Crippen molar-refractivity contribution in [2.75, 3.05) is 31.6 Å². The van der Waals surface area contributed by atoms with E-state index in [1.54, 1.807) is 36.3 Å². The van der Waals surface area contributed by atoms with Crippen LogP contribution in [-0.2, 0) is 9.59 Å². The number of carbonyl (C=O) groups is 2. The van der Waals surface area contributed by atoms with Crippen LogP contribution in [0.5, 0.6) is 5.75 Å². The van der Waals surface area contributed by atoms with Gasteiger partial charge in [0.15, 0.2) is 0 Å². The van der Waals surface area contributed by atoms with Crippen molar-refractivity contribution < 1.29 is 19.4 Å². The highest BCUT2D eigenvalue weighted by Crippen LogP contribution is 2.21. The number of rotatable bonds is 6. The average Bonchev–Trinajstić information content (AvgIpc) is 2.54. The molecule has 1 heterocycles. The van der Waals surface area contributed by atoms with Gasteiger partial charge in [0.1, 0.15) is 12.3 Å². The number of likely N-dealkylation sites (tertiary alicyclic amines) is 1. The van der Waals surface area contributed by atoms with Gasteiger partial charge in [-0.25, -0.2) is 0 Å². The molecule has 23 heavy (non-hydrogen) atoms. The van der Waals surface area contributed by atoms with Crippen LogP contribution in [0.1, 0.15) is 26.2 Å². The Morgan fingerprint density at radius 2 is 1.96 bits per heavy atom. The number of carboxylic acid groups (broad SMARTS) is 1. The first-order valence-corrected chi connectivity index (χ1v) is 7.91. The molecular weight excluding hydrogens is 296 g/mol. The Bertz CT molecular complexity index is 544. The number of methoxy groups -OCH3 is 1. The molecule has 1 amide bonds. The molecule has 126 valence electrons. The fraction of sp³-hybridized carbons (Fsp3) is 0.529. The Morgan fingerprint density at radius 3 is 2.52 bits per heavy atom. The van der Waals surface area contributed by atoms with Gasteiger partial charge in [0.25, 0.3) is 0 Å². The molecule has 0 spiro atoms. The molecule has 6 nitrogen and oxygen atoms in total. The fourth-order valence-corrected chi connectivity index (χ4v) is 2.92. The largest absolute Gasteiger partial charge is 0.497 e. The van der Waals surface area contributed by atoms with Crippen molar-refractivity contribution in [3.8, 4) is 5.75 Å². The molecule has 1 N–H and O–H groups in total. The second-order valence-corrected chi connectivity index (χ2v) is 5.88. The first-order valence-electron chi connectivity index (χ1n) is 7.91. The van der Waals surface area contributed by atoms with E-state index in [9.17, 15) is 9.59 Å². The number of amides is 1. The number of hydrogen-bond acceptors (Lipinski definition) is 4. The third-order valence-electron chi connectivity index (χ3n) is 4.21. The Balaban J connectivity index is 2.10. The molecule has 0 unspecified atom stereocenters. The summed E-state index contributed by atoms with van der Waals surface area (Å²) in [6, 6.07) is 7.29. The van der Waals surface area contributed by atoms with Crippen molar-refractivity contribution >= 4 is 17.6 Å². The quantitative estimate of drug-likeness (QED) is 0.868. The van der Waals surface area contributed by atoms with E-state index in [1.807, 2.05) is 11.8 Å². The van der Waals surface area contributed by atoms with Gasteiger partial charge in [-0.1, -0.05) is 0 Å². The lowest BCUT2D eigenvalue weighted by molar-refractivity contribution is -0.135. The Labute approximate surface area is 136 Å². The van der Waals surface area contributed by atoms with Gasteiger partial charge in [0.2, 0.25) is 5.91 Å².